The summed E-state index contributed by atoms with van der Waals surface area (Å²) in [7, 11) is 0. The Balaban J connectivity index is -0.0000000385. The second kappa shape index (κ2) is 36.9. The van der Waals surface area contributed by atoms with Crippen LogP contribution in [-0.2, 0) is 0 Å². The zero-order valence-corrected chi connectivity index (χ0v) is 17.3. The second-order valence-corrected chi connectivity index (χ2v) is 3.99. The molecular formula is C13H30Cl2Mg2O2+2. The number of halogens is 2. The van der Waals surface area contributed by atoms with Gasteiger partial charge in [0.15, 0.2) is 0 Å². The van der Waals surface area contributed by atoms with Crippen molar-refractivity contribution >= 4 is 46.1 Å². The Morgan fingerprint density at radius 3 is 1.47 bits per heavy atom. The van der Waals surface area contributed by atoms with Crippen LogP contribution in [0.3, 0.4) is 0 Å². The smallest absolute Gasteiger partial charge is 1.00 e. The summed E-state index contributed by atoms with van der Waals surface area (Å²) in [5, 5.41) is 17.3. The third-order valence-corrected chi connectivity index (χ3v) is 2.37. The predicted molar refractivity (Wildman–Crippen MR) is 78.6 cm³/mol. The zero-order valence-electron chi connectivity index (χ0n) is 13.0. The molecule has 110 valence electrons. The maximum absolute atomic E-state index is 9.08. The average molecular weight is 338 g/mol. The van der Waals surface area contributed by atoms with Crippen molar-refractivity contribution < 1.29 is 35.0 Å². The summed E-state index contributed by atoms with van der Waals surface area (Å²) in [5.41, 5.74) is 0. The largest absolute Gasteiger partial charge is 2.00 e. The molecule has 1 atom stereocenters. The Morgan fingerprint density at radius 2 is 1.21 bits per heavy atom. The third kappa shape index (κ3) is 45.0. The normalized spacial score (nSPS) is 9.32. The Labute approximate surface area is 165 Å². The summed E-state index contributed by atoms with van der Waals surface area (Å²) in [5.74, 6) is 0. The molecule has 0 aromatic carbocycles. The number of unbranched alkanes of at least 4 members (excludes halogenated alkanes) is 4. The molecule has 0 aliphatic heterocycles. The SMILES string of the molecule is CCCCCC(O)CC.CCCCCO.[Cl-].[Cl-].[Mg+2].[Mg+2]. The molecule has 0 radical (unpaired) electrons. The van der Waals surface area contributed by atoms with Crippen LogP contribution in [0.2, 0.25) is 0 Å². The fourth-order valence-electron chi connectivity index (χ4n) is 1.20. The van der Waals surface area contributed by atoms with Crippen LogP contribution < -0.4 is 24.8 Å². The first-order valence-electron chi connectivity index (χ1n) is 6.51. The van der Waals surface area contributed by atoms with E-state index in [-0.39, 0.29) is 77.0 Å². The summed E-state index contributed by atoms with van der Waals surface area (Å²) in [6.07, 6.45) is 8.87. The molecule has 0 saturated heterocycles. The topological polar surface area (TPSA) is 40.5 Å². The Morgan fingerprint density at radius 1 is 0.789 bits per heavy atom. The van der Waals surface area contributed by atoms with Gasteiger partial charge in [0.2, 0.25) is 0 Å². The third-order valence-electron chi connectivity index (χ3n) is 2.37. The van der Waals surface area contributed by atoms with Crippen molar-refractivity contribution in [1.29, 1.82) is 0 Å². The molecule has 0 amide bonds. The minimum Gasteiger partial charge on any atom is -1.00 e. The van der Waals surface area contributed by atoms with Crippen LogP contribution in [0.5, 0.6) is 0 Å². The number of aliphatic hydroxyl groups is 2. The van der Waals surface area contributed by atoms with E-state index in [0.29, 0.717) is 6.61 Å². The molecule has 2 N–H and O–H groups in total. The molecule has 0 bridgehead atoms. The van der Waals surface area contributed by atoms with Crippen LogP contribution in [0.25, 0.3) is 0 Å². The summed E-state index contributed by atoms with van der Waals surface area (Å²) in [4.78, 5) is 0. The van der Waals surface area contributed by atoms with Crippen molar-refractivity contribution in [1.82, 2.24) is 0 Å². The first-order valence-corrected chi connectivity index (χ1v) is 6.51. The quantitative estimate of drug-likeness (QED) is 0.361. The molecule has 0 saturated carbocycles. The fourth-order valence-corrected chi connectivity index (χ4v) is 1.20. The number of rotatable bonds is 8. The van der Waals surface area contributed by atoms with Gasteiger partial charge in [0, 0.05) is 6.61 Å². The molecule has 1 unspecified atom stereocenters. The zero-order chi connectivity index (χ0) is 11.9. The van der Waals surface area contributed by atoms with E-state index >= 15 is 0 Å². The van der Waals surface area contributed by atoms with E-state index in [2.05, 4.69) is 13.8 Å². The molecule has 0 heterocycles. The van der Waals surface area contributed by atoms with Crippen LogP contribution in [0.1, 0.15) is 72.1 Å². The van der Waals surface area contributed by atoms with Gasteiger partial charge in [-0.3, -0.25) is 0 Å². The minimum atomic E-state index is -0.0449. The van der Waals surface area contributed by atoms with E-state index in [4.69, 9.17) is 10.2 Å². The molecule has 0 fully saturated rings. The predicted octanol–water partition coefficient (Wildman–Crippen LogP) is -3.25. The van der Waals surface area contributed by atoms with Gasteiger partial charge in [-0.15, -0.1) is 0 Å². The van der Waals surface area contributed by atoms with Crippen molar-refractivity contribution in [3.05, 3.63) is 0 Å². The molecular weight excluding hydrogens is 308 g/mol. The van der Waals surface area contributed by atoms with E-state index in [1.54, 1.807) is 0 Å². The van der Waals surface area contributed by atoms with E-state index in [0.717, 1.165) is 25.7 Å². The van der Waals surface area contributed by atoms with Gasteiger partial charge in [-0.2, -0.15) is 0 Å². The number of aliphatic hydroxyl groups excluding tert-OH is 2. The molecule has 0 aromatic heterocycles. The first-order chi connectivity index (χ1) is 7.22. The molecule has 0 rings (SSSR count). The van der Waals surface area contributed by atoms with E-state index in [1.165, 1.54) is 25.7 Å². The van der Waals surface area contributed by atoms with Crippen LogP contribution >= 0.6 is 0 Å². The van der Waals surface area contributed by atoms with Crippen molar-refractivity contribution in [3.8, 4) is 0 Å². The van der Waals surface area contributed by atoms with E-state index in [9.17, 15) is 0 Å². The van der Waals surface area contributed by atoms with Crippen molar-refractivity contribution in [2.45, 2.75) is 78.2 Å². The van der Waals surface area contributed by atoms with Gasteiger partial charge in [-0.05, 0) is 19.3 Å². The Kier molecular flexibility index (Phi) is 72.4. The van der Waals surface area contributed by atoms with Crippen molar-refractivity contribution in [2.24, 2.45) is 0 Å². The van der Waals surface area contributed by atoms with Crippen LogP contribution in [0, 0.1) is 0 Å². The summed E-state index contributed by atoms with van der Waals surface area (Å²) >= 11 is 0. The van der Waals surface area contributed by atoms with Crippen LogP contribution in [-0.4, -0.2) is 69.0 Å². The first kappa shape index (κ1) is 37.4. The maximum atomic E-state index is 9.08. The molecule has 0 aromatic rings. The Bertz CT molecular complexity index is 109. The van der Waals surface area contributed by atoms with Gasteiger partial charge in [0.25, 0.3) is 0 Å². The number of hydrogen-bond donors (Lipinski definition) is 2. The van der Waals surface area contributed by atoms with Crippen LogP contribution in [0.4, 0.5) is 0 Å². The van der Waals surface area contributed by atoms with Gasteiger partial charge < -0.3 is 35.0 Å². The van der Waals surface area contributed by atoms with Gasteiger partial charge in [0.1, 0.15) is 0 Å². The maximum Gasteiger partial charge on any atom is 2.00 e. The fraction of sp³-hybridized carbons (Fsp3) is 1.00. The van der Waals surface area contributed by atoms with Gasteiger partial charge in [-0.25, -0.2) is 0 Å². The molecule has 0 spiro atoms. The van der Waals surface area contributed by atoms with E-state index < -0.39 is 0 Å². The average Bonchev–Trinajstić information content (AvgIpc) is 2.27. The summed E-state index contributed by atoms with van der Waals surface area (Å²) in [6.45, 7) is 6.68. The molecule has 0 aliphatic carbocycles. The molecule has 6 heteroatoms. The molecule has 2 nitrogen and oxygen atoms in total. The second-order valence-electron chi connectivity index (χ2n) is 3.99. The standard InChI is InChI=1S/C8H18O.C5H12O.2ClH.2Mg/c1-3-5-6-7-8(9)4-2;1-2-3-4-5-6;;;;/h8-9H,3-7H2,1-2H3;6H,2-5H2,1H3;2*1H;;/q;;;;2*+2/p-2. The minimum absolute atomic E-state index is 0. The van der Waals surface area contributed by atoms with Gasteiger partial charge in [-0.1, -0.05) is 52.9 Å². The number of hydrogen-bond acceptors (Lipinski definition) is 2. The van der Waals surface area contributed by atoms with Gasteiger partial charge >= 0.3 is 46.1 Å². The van der Waals surface area contributed by atoms with Crippen LogP contribution in [0.15, 0.2) is 0 Å². The summed E-state index contributed by atoms with van der Waals surface area (Å²) in [6, 6.07) is 0. The summed E-state index contributed by atoms with van der Waals surface area (Å²) < 4.78 is 0. The molecule has 0 aliphatic rings. The monoisotopic (exact) mass is 336 g/mol. The van der Waals surface area contributed by atoms with Gasteiger partial charge in [0.05, 0.1) is 6.10 Å². The van der Waals surface area contributed by atoms with Crippen molar-refractivity contribution in [2.75, 3.05) is 6.61 Å². The van der Waals surface area contributed by atoms with Crippen molar-refractivity contribution in [3.63, 3.8) is 0 Å². The Hall–Kier alpha value is 2.03. The molecule has 19 heavy (non-hydrogen) atoms. The van der Waals surface area contributed by atoms with E-state index in [1.807, 2.05) is 6.92 Å².